The highest BCUT2D eigenvalue weighted by atomic mass is 32.2. The van der Waals surface area contributed by atoms with Crippen molar-refractivity contribution in [2.75, 3.05) is 18.8 Å². The Kier molecular flexibility index (Phi) is 4.97. The largest absolute Gasteiger partial charge is 0.342 e. The van der Waals surface area contributed by atoms with Gasteiger partial charge in [-0.1, -0.05) is 11.8 Å². The van der Waals surface area contributed by atoms with E-state index in [9.17, 15) is 14.9 Å². The third-order valence-corrected chi connectivity index (χ3v) is 4.44. The van der Waals surface area contributed by atoms with Crippen molar-refractivity contribution in [1.82, 2.24) is 9.88 Å². The van der Waals surface area contributed by atoms with Crippen molar-refractivity contribution < 1.29 is 9.59 Å². The Bertz CT molecular complexity index is 616. The third-order valence-electron chi connectivity index (χ3n) is 3.47. The molecule has 1 fully saturated rings. The van der Waals surface area contributed by atoms with E-state index in [1.807, 2.05) is 4.90 Å². The summed E-state index contributed by atoms with van der Waals surface area (Å²) >= 11 is 1.27. The highest BCUT2D eigenvalue weighted by Gasteiger charge is 2.19. The summed E-state index contributed by atoms with van der Waals surface area (Å²) in [7, 11) is 0. The maximum atomic E-state index is 12.0. The number of likely N-dealkylation sites (tertiary alicyclic amines) is 1. The van der Waals surface area contributed by atoms with Crippen LogP contribution in [0.2, 0.25) is 0 Å². The molecular formula is C15H17N3O2S. The summed E-state index contributed by atoms with van der Waals surface area (Å²) in [6.07, 6.45) is 2.12. The molecule has 0 saturated carbocycles. The van der Waals surface area contributed by atoms with E-state index in [1.54, 1.807) is 13.0 Å². The van der Waals surface area contributed by atoms with Gasteiger partial charge in [0, 0.05) is 24.3 Å². The second-order valence-electron chi connectivity index (χ2n) is 5.02. The molecule has 0 aromatic carbocycles. The number of Topliss-reactive ketones (excluding diaryl/α,β-unsaturated/α-hetero) is 1. The Labute approximate surface area is 128 Å². The van der Waals surface area contributed by atoms with Gasteiger partial charge in [0.1, 0.15) is 11.1 Å². The van der Waals surface area contributed by atoms with Crippen LogP contribution in [0.3, 0.4) is 0 Å². The van der Waals surface area contributed by atoms with Gasteiger partial charge in [0.2, 0.25) is 5.91 Å². The molecule has 1 aliphatic heterocycles. The number of hydrogen-bond donors (Lipinski definition) is 0. The number of pyridine rings is 1. The summed E-state index contributed by atoms with van der Waals surface area (Å²) in [6, 6.07) is 3.61. The van der Waals surface area contributed by atoms with Crippen LogP contribution in [0, 0.1) is 18.3 Å². The van der Waals surface area contributed by atoms with Gasteiger partial charge < -0.3 is 4.90 Å². The van der Waals surface area contributed by atoms with Gasteiger partial charge >= 0.3 is 0 Å². The van der Waals surface area contributed by atoms with Crippen molar-refractivity contribution in [3.05, 3.63) is 22.9 Å². The van der Waals surface area contributed by atoms with Gasteiger partial charge in [0.15, 0.2) is 5.78 Å². The molecular weight excluding hydrogens is 286 g/mol. The maximum absolute atomic E-state index is 12.0. The summed E-state index contributed by atoms with van der Waals surface area (Å²) in [5, 5.41) is 9.70. The molecule has 0 atom stereocenters. The van der Waals surface area contributed by atoms with Crippen LogP contribution < -0.4 is 0 Å². The van der Waals surface area contributed by atoms with Gasteiger partial charge in [-0.25, -0.2) is 4.98 Å². The second kappa shape index (κ2) is 6.72. The van der Waals surface area contributed by atoms with E-state index in [-0.39, 0.29) is 17.4 Å². The van der Waals surface area contributed by atoms with Crippen LogP contribution in [-0.2, 0) is 4.79 Å². The molecule has 1 aromatic rings. The molecule has 1 saturated heterocycles. The molecule has 0 spiro atoms. The quantitative estimate of drug-likeness (QED) is 0.629. The highest BCUT2D eigenvalue weighted by molar-refractivity contribution is 7.99. The SMILES string of the molecule is CC(=O)c1cc(C#N)c(SCC(=O)N2CCCC2)nc1C. The first-order valence-corrected chi connectivity index (χ1v) is 7.84. The molecule has 2 heterocycles. The molecule has 110 valence electrons. The normalized spacial score (nSPS) is 14.0. The zero-order chi connectivity index (χ0) is 15.4. The molecule has 0 unspecified atom stereocenters. The van der Waals surface area contributed by atoms with Crippen molar-refractivity contribution in [2.45, 2.75) is 31.7 Å². The molecule has 6 heteroatoms. The molecule has 2 rings (SSSR count). The lowest BCUT2D eigenvalue weighted by Gasteiger charge is -2.15. The van der Waals surface area contributed by atoms with Crippen molar-refractivity contribution in [3.63, 3.8) is 0 Å². The van der Waals surface area contributed by atoms with Gasteiger partial charge in [-0.3, -0.25) is 9.59 Å². The monoisotopic (exact) mass is 303 g/mol. The minimum atomic E-state index is -0.110. The second-order valence-corrected chi connectivity index (χ2v) is 5.98. The molecule has 0 aliphatic carbocycles. The number of carbonyl (C=O) groups excluding carboxylic acids is 2. The first-order chi connectivity index (χ1) is 10.0. The first-order valence-electron chi connectivity index (χ1n) is 6.86. The molecule has 21 heavy (non-hydrogen) atoms. The maximum Gasteiger partial charge on any atom is 0.232 e. The molecule has 1 amide bonds. The van der Waals surface area contributed by atoms with Gasteiger partial charge in [0.05, 0.1) is 11.3 Å². The number of amides is 1. The number of hydrogen-bond acceptors (Lipinski definition) is 5. The Morgan fingerprint density at radius 2 is 2.10 bits per heavy atom. The molecule has 0 radical (unpaired) electrons. The lowest BCUT2D eigenvalue weighted by Crippen LogP contribution is -2.29. The predicted molar refractivity (Wildman–Crippen MR) is 80.2 cm³/mol. The summed E-state index contributed by atoms with van der Waals surface area (Å²) in [6.45, 7) is 4.83. The average molecular weight is 303 g/mol. The van der Waals surface area contributed by atoms with Crippen LogP contribution in [0.15, 0.2) is 11.1 Å². The van der Waals surface area contributed by atoms with E-state index in [1.165, 1.54) is 18.7 Å². The van der Waals surface area contributed by atoms with Crippen molar-refractivity contribution >= 4 is 23.5 Å². The number of aromatic nitrogens is 1. The minimum Gasteiger partial charge on any atom is -0.342 e. The van der Waals surface area contributed by atoms with Gasteiger partial charge in [-0.15, -0.1) is 0 Å². The average Bonchev–Trinajstić information content (AvgIpc) is 2.98. The first kappa shape index (κ1) is 15.5. The summed E-state index contributed by atoms with van der Waals surface area (Å²) in [5.74, 6) is 0.248. The van der Waals surface area contributed by atoms with Crippen LogP contribution in [0.5, 0.6) is 0 Å². The van der Waals surface area contributed by atoms with E-state index in [2.05, 4.69) is 11.1 Å². The van der Waals surface area contributed by atoms with Crippen LogP contribution in [0.4, 0.5) is 0 Å². The van der Waals surface area contributed by atoms with E-state index in [4.69, 9.17) is 0 Å². The Morgan fingerprint density at radius 1 is 1.43 bits per heavy atom. The fourth-order valence-electron chi connectivity index (χ4n) is 2.32. The number of nitrogens with zero attached hydrogens (tertiary/aromatic N) is 3. The van der Waals surface area contributed by atoms with Crippen molar-refractivity contribution in [3.8, 4) is 6.07 Å². The number of thioether (sulfide) groups is 1. The number of aryl methyl sites for hydroxylation is 1. The lowest BCUT2D eigenvalue weighted by atomic mass is 10.1. The summed E-state index contributed by atoms with van der Waals surface area (Å²) < 4.78 is 0. The highest BCUT2D eigenvalue weighted by Crippen LogP contribution is 2.24. The number of nitriles is 1. The Balaban J connectivity index is 2.12. The zero-order valence-electron chi connectivity index (χ0n) is 12.2. The van der Waals surface area contributed by atoms with E-state index in [0.29, 0.717) is 21.8 Å². The zero-order valence-corrected chi connectivity index (χ0v) is 13.0. The molecule has 0 N–H and O–H groups in total. The lowest BCUT2D eigenvalue weighted by molar-refractivity contribution is -0.127. The number of rotatable bonds is 4. The van der Waals surface area contributed by atoms with Crippen LogP contribution in [0.25, 0.3) is 0 Å². The molecule has 5 nitrogen and oxygen atoms in total. The molecule has 0 bridgehead atoms. The summed E-state index contributed by atoms with van der Waals surface area (Å²) in [4.78, 5) is 29.6. The fraction of sp³-hybridized carbons (Fsp3) is 0.467. The Morgan fingerprint density at radius 3 is 2.67 bits per heavy atom. The molecule has 1 aliphatic rings. The smallest absolute Gasteiger partial charge is 0.232 e. The third kappa shape index (κ3) is 3.61. The predicted octanol–water partition coefficient (Wildman–Crippen LogP) is 2.18. The van der Waals surface area contributed by atoms with Crippen molar-refractivity contribution in [1.29, 1.82) is 5.26 Å². The van der Waals surface area contributed by atoms with Crippen LogP contribution >= 0.6 is 11.8 Å². The molecule has 1 aromatic heterocycles. The fourth-order valence-corrected chi connectivity index (χ4v) is 3.22. The minimum absolute atomic E-state index is 0.0801. The summed E-state index contributed by atoms with van der Waals surface area (Å²) in [5.41, 5.74) is 1.41. The van der Waals surface area contributed by atoms with Gasteiger partial charge in [-0.2, -0.15) is 5.26 Å². The Hall–Kier alpha value is -1.87. The number of carbonyl (C=O) groups is 2. The number of ketones is 1. The van der Waals surface area contributed by atoms with Gasteiger partial charge in [0.25, 0.3) is 0 Å². The van der Waals surface area contributed by atoms with Gasteiger partial charge in [-0.05, 0) is 32.8 Å². The van der Waals surface area contributed by atoms with Crippen molar-refractivity contribution in [2.24, 2.45) is 0 Å². The van der Waals surface area contributed by atoms with E-state index >= 15 is 0 Å². The topological polar surface area (TPSA) is 74.1 Å². The van der Waals surface area contributed by atoms with Crippen LogP contribution in [0.1, 0.15) is 41.4 Å². The standard InChI is InChI=1S/C15H17N3O2S/c1-10-13(11(2)19)7-12(8-16)15(17-10)21-9-14(20)18-5-3-4-6-18/h7H,3-6,9H2,1-2H3. The van der Waals surface area contributed by atoms with Crippen LogP contribution in [-0.4, -0.2) is 40.4 Å². The van der Waals surface area contributed by atoms with E-state index < -0.39 is 0 Å². The van der Waals surface area contributed by atoms with E-state index in [0.717, 1.165) is 25.9 Å².